The third kappa shape index (κ3) is 3.11. The number of hydrogen-bond acceptors (Lipinski definition) is 4. The highest BCUT2D eigenvalue weighted by Gasteiger charge is 2.36. The van der Waals surface area contributed by atoms with Crippen LogP contribution < -0.4 is 10.1 Å². The zero-order valence-corrected chi connectivity index (χ0v) is 14.3. The summed E-state index contributed by atoms with van der Waals surface area (Å²) < 4.78 is 10.8. The van der Waals surface area contributed by atoms with Crippen LogP contribution in [0, 0.1) is 0 Å². The van der Waals surface area contributed by atoms with E-state index in [1.165, 1.54) is 0 Å². The van der Waals surface area contributed by atoms with Gasteiger partial charge in [-0.2, -0.15) is 0 Å². The minimum atomic E-state index is -0.430. The molecule has 0 spiro atoms. The number of rotatable bonds is 4. The minimum Gasteiger partial charge on any atom is -0.497 e. The van der Waals surface area contributed by atoms with Gasteiger partial charge in [-0.05, 0) is 35.4 Å². The molecule has 2 aromatic carbocycles. The first-order valence-electron chi connectivity index (χ1n) is 8.37. The van der Waals surface area contributed by atoms with Gasteiger partial charge in [0.1, 0.15) is 5.75 Å². The number of methoxy groups -OCH3 is 1. The molecule has 26 heavy (non-hydrogen) atoms. The number of benzene rings is 2. The van der Waals surface area contributed by atoms with E-state index in [1.54, 1.807) is 13.3 Å². The molecule has 1 amide bonds. The first-order valence-corrected chi connectivity index (χ1v) is 8.37. The van der Waals surface area contributed by atoms with Gasteiger partial charge in [0.05, 0.1) is 18.8 Å². The molecule has 1 fully saturated rings. The van der Waals surface area contributed by atoms with Gasteiger partial charge in [-0.1, -0.05) is 42.5 Å². The molecule has 130 valence electrons. The number of cyclic esters (lactones) is 1. The van der Waals surface area contributed by atoms with E-state index in [0.29, 0.717) is 0 Å². The van der Waals surface area contributed by atoms with Gasteiger partial charge in [0, 0.05) is 11.8 Å². The Balaban J connectivity index is 1.70. The first kappa shape index (κ1) is 16.1. The summed E-state index contributed by atoms with van der Waals surface area (Å²) in [5.74, 6) is 0.726. The summed E-state index contributed by atoms with van der Waals surface area (Å²) in [6.45, 7) is 0. The smallest absolute Gasteiger partial charge is 0.408 e. The highest BCUT2D eigenvalue weighted by molar-refractivity contribution is 5.71. The molecule has 1 saturated heterocycles. The largest absolute Gasteiger partial charge is 0.497 e. The highest BCUT2D eigenvalue weighted by atomic mass is 16.6. The maximum absolute atomic E-state index is 11.9. The van der Waals surface area contributed by atoms with Gasteiger partial charge < -0.3 is 14.8 Å². The van der Waals surface area contributed by atoms with E-state index in [1.807, 2.05) is 66.7 Å². The molecule has 1 aliphatic heterocycles. The number of aromatic nitrogens is 1. The summed E-state index contributed by atoms with van der Waals surface area (Å²) in [5, 5.41) is 2.91. The molecular formula is C21H18N2O3. The van der Waals surface area contributed by atoms with Crippen LogP contribution in [0.5, 0.6) is 5.75 Å². The first-order chi connectivity index (χ1) is 12.7. The Morgan fingerprint density at radius 1 is 1.00 bits per heavy atom. The Hall–Kier alpha value is -3.34. The van der Waals surface area contributed by atoms with E-state index in [-0.39, 0.29) is 6.04 Å². The summed E-state index contributed by atoms with van der Waals surface area (Å²) >= 11 is 0. The third-order valence-corrected chi connectivity index (χ3v) is 4.45. The Bertz CT molecular complexity index is 927. The average molecular weight is 346 g/mol. The van der Waals surface area contributed by atoms with Gasteiger partial charge >= 0.3 is 6.09 Å². The zero-order chi connectivity index (χ0) is 17.9. The maximum Gasteiger partial charge on any atom is 0.408 e. The molecule has 0 radical (unpaired) electrons. The lowest BCUT2D eigenvalue weighted by Crippen LogP contribution is -2.19. The summed E-state index contributed by atoms with van der Waals surface area (Å²) in [5.41, 5.74) is 3.70. The monoisotopic (exact) mass is 346 g/mol. The van der Waals surface area contributed by atoms with Crippen molar-refractivity contribution >= 4 is 6.09 Å². The van der Waals surface area contributed by atoms with Crippen LogP contribution in [0.1, 0.15) is 23.3 Å². The van der Waals surface area contributed by atoms with Crippen LogP contribution in [0.15, 0.2) is 72.9 Å². The second kappa shape index (κ2) is 6.88. The number of pyridine rings is 1. The lowest BCUT2D eigenvalue weighted by atomic mass is 9.96. The van der Waals surface area contributed by atoms with Gasteiger partial charge in [-0.15, -0.1) is 0 Å². The molecule has 0 unspecified atom stereocenters. The van der Waals surface area contributed by atoms with Gasteiger partial charge in [-0.25, -0.2) is 4.79 Å². The highest BCUT2D eigenvalue weighted by Crippen LogP contribution is 2.38. The van der Waals surface area contributed by atoms with E-state index in [0.717, 1.165) is 28.1 Å². The standard InChI is InChI=1S/C21H18N2O3/c1-25-17-9-5-8-16(12-17)20-19(23-21(24)26-20)15-10-11-22-18(13-15)14-6-3-2-4-7-14/h2-13,19-20H,1H3,(H,23,24)/t19-,20-/m1/s1. The van der Waals surface area contributed by atoms with Crippen LogP contribution in [0.2, 0.25) is 0 Å². The quantitative estimate of drug-likeness (QED) is 0.766. The van der Waals surface area contributed by atoms with Crippen LogP contribution >= 0.6 is 0 Å². The number of alkyl carbamates (subject to hydrolysis) is 1. The second-order valence-electron chi connectivity index (χ2n) is 6.06. The molecule has 1 aromatic heterocycles. The maximum atomic E-state index is 11.9. The van der Waals surface area contributed by atoms with Crippen molar-refractivity contribution in [1.29, 1.82) is 0 Å². The topological polar surface area (TPSA) is 60.5 Å². The van der Waals surface area contributed by atoms with Gasteiger partial charge in [0.2, 0.25) is 0 Å². The molecule has 0 aliphatic carbocycles. The lowest BCUT2D eigenvalue weighted by Gasteiger charge is -2.18. The molecule has 2 heterocycles. The van der Waals surface area contributed by atoms with Gasteiger partial charge in [-0.3, -0.25) is 4.98 Å². The fraction of sp³-hybridized carbons (Fsp3) is 0.143. The average Bonchev–Trinajstić information content (AvgIpc) is 3.11. The Morgan fingerprint density at radius 3 is 2.65 bits per heavy atom. The predicted molar refractivity (Wildman–Crippen MR) is 97.8 cm³/mol. The van der Waals surface area contributed by atoms with Crippen molar-refractivity contribution < 1.29 is 14.3 Å². The number of carbonyl (C=O) groups is 1. The van der Waals surface area contributed by atoms with Crippen molar-refractivity contribution in [2.24, 2.45) is 0 Å². The molecule has 5 nitrogen and oxygen atoms in total. The van der Waals surface area contributed by atoms with Crippen molar-refractivity contribution in [3.63, 3.8) is 0 Å². The van der Waals surface area contributed by atoms with Gasteiger partial charge in [0.15, 0.2) is 6.10 Å². The lowest BCUT2D eigenvalue weighted by molar-refractivity contribution is 0.132. The molecule has 0 saturated carbocycles. The van der Waals surface area contributed by atoms with E-state index in [4.69, 9.17) is 9.47 Å². The minimum absolute atomic E-state index is 0.292. The molecular weight excluding hydrogens is 328 g/mol. The van der Waals surface area contributed by atoms with E-state index < -0.39 is 12.2 Å². The summed E-state index contributed by atoms with van der Waals surface area (Å²) in [4.78, 5) is 16.4. The number of amides is 1. The fourth-order valence-corrected chi connectivity index (χ4v) is 3.16. The number of nitrogens with one attached hydrogen (secondary N) is 1. The second-order valence-corrected chi connectivity index (χ2v) is 6.06. The molecule has 2 atom stereocenters. The Kier molecular flexibility index (Phi) is 4.27. The Labute approximate surface area is 151 Å². The molecule has 1 N–H and O–H groups in total. The molecule has 4 rings (SSSR count). The third-order valence-electron chi connectivity index (χ3n) is 4.45. The van der Waals surface area contributed by atoms with Crippen molar-refractivity contribution in [1.82, 2.24) is 10.3 Å². The summed E-state index contributed by atoms with van der Waals surface area (Å²) in [6, 6.07) is 21.1. The molecule has 0 bridgehead atoms. The Morgan fingerprint density at radius 2 is 1.85 bits per heavy atom. The van der Waals surface area contributed by atoms with Gasteiger partial charge in [0.25, 0.3) is 0 Å². The van der Waals surface area contributed by atoms with Crippen molar-refractivity contribution in [2.45, 2.75) is 12.1 Å². The fourth-order valence-electron chi connectivity index (χ4n) is 3.16. The van der Waals surface area contributed by atoms with E-state index in [2.05, 4.69) is 10.3 Å². The van der Waals surface area contributed by atoms with E-state index >= 15 is 0 Å². The van der Waals surface area contributed by atoms with Crippen molar-refractivity contribution in [3.05, 3.63) is 84.1 Å². The van der Waals surface area contributed by atoms with Crippen molar-refractivity contribution in [3.8, 4) is 17.0 Å². The van der Waals surface area contributed by atoms with Crippen LogP contribution in [0.3, 0.4) is 0 Å². The summed E-state index contributed by atoms with van der Waals surface area (Å²) in [7, 11) is 1.62. The predicted octanol–water partition coefficient (Wildman–Crippen LogP) is 4.28. The summed E-state index contributed by atoms with van der Waals surface area (Å²) in [6.07, 6.45) is 0.898. The van der Waals surface area contributed by atoms with Crippen molar-refractivity contribution in [2.75, 3.05) is 7.11 Å². The van der Waals surface area contributed by atoms with E-state index in [9.17, 15) is 4.79 Å². The number of hydrogen-bond donors (Lipinski definition) is 1. The SMILES string of the molecule is COc1cccc([C@H]2OC(=O)N[C@@H]2c2ccnc(-c3ccccc3)c2)c1. The normalized spacial score (nSPS) is 18.9. The van der Waals surface area contributed by atoms with Crippen LogP contribution in [-0.2, 0) is 4.74 Å². The molecule has 3 aromatic rings. The molecule has 1 aliphatic rings. The van der Waals surface area contributed by atoms with Crippen LogP contribution in [0.4, 0.5) is 4.79 Å². The van der Waals surface area contributed by atoms with Crippen LogP contribution in [-0.4, -0.2) is 18.2 Å². The number of ether oxygens (including phenoxy) is 2. The number of nitrogens with zero attached hydrogens (tertiary/aromatic N) is 1. The zero-order valence-electron chi connectivity index (χ0n) is 14.3. The van der Waals surface area contributed by atoms with Crippen LogP contribution in [0.25, 0.3) is 11.3 Å². The molecule has 5 heteroatoms. The number of carbonyl (C=O) groups excluding carboxylic acids is 1.